The molecule has 1 aliphatic carbocycles. The maximum Gasteiger partial charge on any atom is 0.229 e. The molecule has 112 valence electrons. The van der Waals surface area contributed by atoms with E-state index in [2.05, 4.69) is 22.5 Å². The maximum atomic E-state index is 12.2. The first-order valence-electron chi connectivity index (χ1n) is 7.13. The van der Waals surface area contributed by atoms with Gasteiger partial charge in [-0.05, 0) is 44.2 Å². The van der Waals surface area contributed by atoms with E-state index in [9.17, 15) is 4.79 Å². The van der Waals surface area contributed by atoms with Crippen LogP contribution in [-0.2, 0) is 17.6 Å². The van der Waals surface area contributed by atoms with Gasteiger partial charge in [0, 0.05) is 10.8 Å². The lowest BCUT2D eigenvalue weighted by atomic mass is 9.88. The van der Waals surface area contributed by atoms with Crippen LogP contribution in [0.15, 0.2) is 0 Å². The van der Waals surface area contributed by atoms with Gasteiger partial charge in [-0.1, -0.05) is 13.8 Å². The molecule has 1 aromatic heterocycles. The SMILES string of the molecule is CC1CCc2nc(NC(=O)C(C)C3CNC3)sc2C1.Cl. The number of nitrogens with one attached hydrogen (secondary N) is 2. The highest BCUT2D eigenvalue weighted by Gasteiger charge is 2.29. The number of nitrogens with zero attached hydrogens (tertiary/aromatic N) is 1. The molecular weight excluding hydrogens is 294 g/mol. The van der Waals surface area contributed by atoms with Gasteiger partial charge in [0.25, 0.3) is 0 Å². The Kier molecular flexibility index (Phi) is 5.04. The molecule has 0 aromatic carbocycles. The number of aryl methyl sites for hydroxylation is 1. The highest BCUT2D eigenvalue weighted by atomic mass is 35.5. The Balaban J connectivity index is 0.00000147. The van der Waals surface area contributed by atoms with Crippen molar-refractivity contribution in [1.82, 2.24) is 10.3 Å². The Hall–Kier alpha value is -0.650. The summed E-state index contributed by atoms with van der Waals surface area (Å²) in [6, 6.07) is 0. The van der Waals surface area contributed by atoms with Crippen molar-refractivity contribution in [2.75, 3.05) is 18.4 Å². The van der Waals surface area contributed by atoms with Crippen LogP contribution in [0.3, 0.4) is 0 Å². The fraction of sp³-hybridized carbons (Fsp3) is 0.714. The van der Waals surface area contributed by atoms with Crippen molar-refractivity contribution in [2.45, 2.75) is 33.1 Å². The number of halogens is 1. The maximum absolute atomic E-state index is 12.2. The van der Waals surface area contributed by atoms with E-state index >= 15 is 0 Å². The Morgan fingerprint density at radius 3 is 2.90 bits per heavy atom. The second kappa shape index (κ2) is 6.41. The van der Waals surface area contributed by atoms with Gasteiger partial charge in [0.2, 0.25) is 5.91 Å². The third-order valence-electron chi connectivity index (χ3n) is 4.35. The number of hydrogen-bond acceptors (Lipinski definition) is 4. The second-order valence-electron chi connectivity index (χ2n) is 5.93. The molecule has 4 nitrogen and oxygen atoms in total. The molecule has 2 heterocycles. The van der Waals surface area contributed by atoms with Crippen LogP contribution in [0.5, 0.6) is 0 Å². The third-order valence-corrected chi connectivity index (χ3v) is 5.39. The molecule has 20 heavy (non-hydrogen) atoms. The monoisotopic (exact) mass is 315 g/mol. The van der Waals surface area contributed by atoms with Crippen LogP contribution in [0.4, 0.5) is 5.13 Å². The van der Waals surface area contributed by atoms with Gasteiger partial charge in [-0.25, -0.2) is 4.98 Å². The van der Waals surface area contributed by atoms with Crippen LogP contribution < -0.4 is 10.6 Å². The molecular formula is C14H22ClN3OS. The Bertz CT molecular complexity index is 487. The summed E-state index contributed by atoms with van der Waals surface area (Å²) in [6.45, 7) is 6.21. The van der Waals surface area contributed by atoms with E-state index in [0.717, 1.165) is 37.0 Å². The van der Waals surface area contributed by atoms with Gasteiger partial charge in [0.05, 0.1) is 5.69 Å². The Labute approximate surface area is 130 Å². The van der Waals surface area contributed by atoms with Crippen LogP contribution >= 0.6 is 23.7 Å². The van der Waals surface area contributed by atoms with E-state index < -0.39 is 0 Å². The van der Waals surface area contributed by atoms with Crippen molar-refractivity contribution in [2.24, 2.45) is 17.8 Å². The fourth-order valence-corrected chi connectivity index (χ4v) is 3.87. The smallest absolute Gasteiger partial charge is 0.229 e. The van der Waals surface area contributed by atoms with Crippen molar-refractivity contribution in [3.05, 3.63) is 10.6 Å². The first-order valence-corrected chi connectivity index (χ1v) is 7.95. The van der Waals surface area contributed by atoms with Gasteiger partial charge in [0.1, 0.15) is 0 Å². The lowest BCUT2D eigenvalue weighted by molar-refractivity contribution is -0.121. The topological polar surface area (TPSA) is 54.0 Å². The van der Waals surface area contributed by atoms with E-state index in [4.69, 9.17) is 0 Å². The summed E-state index contributed by atoms with van der Waals surface area (Å²) in [5.41, 5.74) is 1.20. The van der Waals surface area contributed by atoms with Gasteiger partial charge in [0.15, 0.2) is 5.13 Å². The number of thiazole rings is 1. The van der Waals surface area contributed by atoms with Gasteiger partial charge in [-0.3, -0.25) is 4.79 Å². The number of fused-ring (bicyclic) bond motifs is 1. The van der Waals surface area contributed by atoms with E-state index in [1.807, 2.05) is 6.92 Å². The zero-order chi connectivity index (χ0) is 13.4. The molecule has 0 saturated carbocycles. The van der Waals surface area contributed by atoms with Gasteiger partial charge in [-0.15, -0.1) is 23.7 Å². The Morgan fingerprint density at radius 2 is 2.25 bits per heavy atom. The first kappa shape index (κ1) is 15.7. The van der Waals surface area contributed by atoms with Crippen molar-refractivity contribution in [1.29, 1.82) is 0 Å². The molecule has 2 atom stereocenters. The number of aromatic nitrogens is 1. The average molecular weight is 316 g/mol. The van der Waals surface area contributed by atoms with E-state index in [-0.39, 0.29) is 24.2 Å². The number of carbonyl (C=O) groups is 1. The molecule has 0 radical (unpaired) electrons. The zero-order valence-corrected chi connectivity index (χ0v) is 13.6. The number of rotatable bonds is 3. The molecule has 1 aliphatic heterocycles. The van der Waals surface area contributed by atoms with Crippen LogP contribution in [0.25, 0.3) is 0 Å². The molecule has 2 unspecified atom stereocenters. The lowest BCUT2D eigenvalue weighted by Gasteiger charge is -2.31. The minimum absolute atomic E-state index is 0. The zero-order valence-electron chi connectivity index (χ0n) is 11.9. The van der Waals surface area contributed by atoms with Crippen LogP contribution in [0.2, 0.25) is 0 Å². The Morgan fingerprint density at radius 1 is 1.50 bits per heavy atom. The third kappa shape index (κ3) is 3.15. The van der Waals surface area contributed by atoms with Crippen LogP contribution in [0, 0.1) is 17.8 Å². The summed E-state index contributed by atoms with van der Waals surface area (Å²) in [5, 5.41) is 7.01. The van der Waals surface area contributed by atoms with Crippen LogP contribution in [0.1, 0.15) is 30.8 Å². The number of amides is 1. The van der Waals surface area contributed by atoms with E-state index in [1.54, 1.807) is 11.3 Å². The molecule has 2 aliphatic rings. The fourth-order valence-electron chi connectivity index (χ4n) is 2.69. The molecule has 1 amide bonds. The molecule has 1 saturated heterocycles. The number of hydrogen-bond donors (Lipinski definition) is 2. The summed E-state index contributed by atoms with van der Waals surface area (Å²) >= 11 is 1.66. The van der Waals surface area contributed by atoms with Gasteiger partial charge >= 0.3 is 0 Å². The summed E-state index contributed by atoms with van der Waals surface area (Å²) in [4.78, 5) is 18.1. The van der Waals surface area contributed by atoms with E-state index in [0.29, 0.717) is 5.92 Å². The first-order chi connectivity index (χ1) is 9.13. The molecule has 1 fully saturated rings. The van der Waals surface area contributed by atoms with Crippen molar-refractivity contribution >= 4 is 34.8 Å². The minimum atomic E-state index is 0. The van der Waals surface area contributed by atoms with Crippen molar-refractivity contribution in [3.63, 3.8) is 0 Å². The summed E-state index contributed by atoms with van der Waals surface area (Å²) in [6.07, 6.45) is 3.39. The lowest BCUT2D eigenvalue weighted by Crippen LogP contribution is -2.48. The predicted octanol–water partition coefficient (Wildman–Crippen LogP) is 2.48. The summed E-state index contributed by atoms with van der Waals surface area (Å²) in [7, 11) is 0. The van der Waals surface area contributed by atoms with Crippen molar-refractivity contribution in [3.8, 4) is 0 Å². The van der Waals surface area contributed by atoms with Crippen molar-refractivity contribution < 1.29 is 4.79 Å². The highest BCUT2D eigenvalue weighted by Crippen LogP contribution is 2.32. The summed E-state index contributed by atoms with van der Waals surface area (Å²) < 4.78 is 0. The molecule has 2 N–H and O–H groups in total. The average Bonchev–Trinajstić information content (AvgIpc) is 2.67. The molecule has 0 spiro atoms. The molecule has 3 rings (SSSR count). The standard InChI is InChI=1S/C14H21N3OS.ClH/c1-8-3-4-11-12(5-8)19-14(16-11)17-13(18)9(2)10-6-15-7-10;/h8-10,15H,3-7H2,1-2H3,(H,16,17,18);1H. The molecule has 6 heteroatoms. The minimum Gasteiger partial charge on any atom is -0.316 e. The molecule has 1 aromatic rings. The quantitative estimate of drug-likeness (QED) is 0.901. The summed E-state index contributed by atoms with van der Waals surface area (Å²) in [5.74, 6) is 1.41. The largest absolute Gasteiger partial charge is 0.316 e. The number of carbonyl (C=O) groups excluding carboxylic acids is 1. The van der Waals surface area contributed by atoms with Gasteiger partial charge < -0.3 is 10.6 Å². The number of anilines is 1. The highest BCUT2D eigenvalue weighted by molar-refractivity contribution is 7.15. The predicted molar refractivity (Wildman–Crippen MR) is 84.7 cm³/mol. The normalized spacial score (nSPS) is 23.2. The second-order valence-corrected chi connectivity index (χ2v) is 7.02. The van der Waals surface area contributed by atoms with Gasteiger partial charge in [-0.2, -0.15) is 0 Å². The van der Waals surface area contributed by atoms with Crippen LogP contribution in [-0.4, -0.2) is 24.0 Å². The molecule has 0 bridgehead atoms. The van der Waals surface area contributed by atoms with E-state index in [1.165, 1.54) is 17.0 Å².